The lowest BCUT2D eigenvalue weighted by Crippen LogP contribution is -1.96. The lowest BCUT2D eigenvalue weighted by molar-refractivity contribution is 0.473. The summed E-state index contributed by atoms with van der Waals surface area (Å²) in [6, 6.07) is 17.3. The van der Waals surface area contributed by atoms with Gasteiger partial charge in [-0.2, -0.15) is 0 Å². The van der Waals surface area contributed by atoms with Gasteiger partial charge in [-0.1, -0.05) is 179 Å². The third-order valence-electron chi connectivity index (χ3n) is 8.46. The largest absolute Gasteiger partial charge is 0.457 e. The Labute approximate surface area is 249 Å². The maximum Gasteiger partial charge on any atom is 0.130 e. The smallest absolute Gasteiger partial charge is 0.130 e. The molecule has 0 aliphatic carbocycles. The predicted octanol–water partition coefficient (Wildman–Crippen LogP) is 13.6. The third-order valence-corrected chi connectivity index (χ3v) is 8.46. The van der Waals surface area contributed by atoms with E-state index >= 15 is 0 Å². The van der Waals surface area contributed by atoms with Gasteiger partial charge >= 0.3 is 0 Å². The fraction of sp³-hybridized carbons (Fsp3) is 0.692. The van der Waals surface area contributed by atoms with Crippen LogP contribution in [-0.2, 0) is 12.8 Å². The zero-order chi connectivity index (χ0) is 28.4. The van der Waals surface area contributed by atoms with Crippen LogP contribution in [0.25, 0.3) is 0 Å². The van der Waals surface area contributed by atoms with E-state index in [0.29, 0.717) is 0 Å². The predicted molar refractivity (Wildman–Crippen MR) is 178 cm³/mol. The molecule has 2 aromatic rings. The van der Waals surface area contributed by atoms with Crippen molar-refractivity contribution in [1.29, 1.82) is 0 Å². The summed E-state index contributed by atoms with van der Waals surface area (Å²) in [5.74, 6) is 1.99. The standard InChI is InChI=1S/C39H64O/c1-3-5-7-9-11-13-15-17-18-20-22-25-29-36-33-34-39(40-38-31-27-24-28-32-38)37(35-36)30-26-23-21-19-16-14-12-10-8-6-4-2/h24,27-28,31-35H,3-23,25-26,29-30H2,1-2H3. The van der Waals surface area contributed by atoms with Crippen LogP contribution in [0.4, 0.5) is 0 Å². The minimum Gasteiger partial charge on any atom is -0.457 e. The third kappa shape index (κ3) is 17.8. The van der Waals surface area contributed by atoms with Crippen LogP contribution in [0.15, 0.2) is 48.5 Å². The Kier molecular flexibility index (Phi) is 21.5. The number of aryl methyl sites for hydroxylation is 2. The molecule has 0 saturated heterocycles. The van der Waals surface area contributed by atoms with E-state index in [2.05, 4.69) is 62.4 Å². The van der Waals surface area contributed by atoms with Gasteiger partial charge in [0.15, 0.2) is 0 Å². The van der Waals surface area contributed by atoms with Crippen LogP contribution < -0.4 is 4.74 Å². The van der Waals surface area contributed by atoms with E-state index in [-0.39, 0.29) is 0 Å². The Morgan fingerprint density at radius 1 is 0.425 bits per heavy atom. The van der Waals surface area contributed by atoms with Gasteiger partial charge in [0.1, 0.15) is 11.5 Å². The van der Waals surface area contributed by atoms with E-state index in [9.17, 15) is 0 Å². The van der Waals surface area contributed by atoms with Crippen molar-refractivity contribution in [3.05, 3.63) is 59.7 Å². The second kappa shape index (κ2) is 25.0. The first-order valence-corrected chi connectivity index (χ1v) is 17.7. The van der Waals surface area contributed by atoms with Gasteiger partial charge in [0.25, 0.3) is 0 Å². The molecule has 0 aliphatic heterocycles. The number of rotatable bonds is 27. The highest BCUT2D eigenvalue weighted by Crippen LogP contribution is 2.29. The normalized spacial score (nSPS) is 11.2. The first kappa shape index (κ1) is 34.4. The topological polar surface area (TPSA) is 9.23 Å². The van der Waals surface area contributed by atoms with Crippen molar-refractivity contribution in [2.75, 3.05) is 0 Å². The van der Waals surface area contributed by atoms with Crippen LogP contribution >= 0.6 is 0 Å². The summed E-state index contributed by atoms with van der Waals surface area (Å²) in [5.41, 5.74) is 2.89. The molecule has 0 radical (unpaired) electrons. The Balaban J connectivity index is 1.67. The van der Waals surface area contributed by atoms with Crippen LogP contribution in [-0.4, -0.2) is 0 Å². The van der Waals surface area contributed by atoms with E-state index in [4.69, 9.17) is 4.74 Å². The van der Waals surface area contributed by atoms with E-state index in [1.807, 2.05) is 0 Å². The number of hydrogen-bond acceptors (Lipinski definition) is 1. The molecule has 0 unspecified atom stereocenters. The Morgan fingerprint density at radius 2 is 0.850 bits per heavy atom. The van der Waals surface area contributed by atoms with Gasteiger partial charge < -0.3 is 4.74 Å². The van der Waals surface area contributed by atoms with Crippen molar-refractivity contribution in [1.82, 2.24) is 0 Å². The van der Waals surface area contributed by atoms with Crippen molar-refractivity contribution in [2.24, 2.45) is 0 Å². The number of unbranched alkanes of at least 4 members (excludes halogenated alkanes) is 21. The molecule has 0 aromatic heterocycles. The van der Waals surface area contributed by atoms with Gasteiger partial charge in [0.2, 0.25) is 0 Å². The van der Waals surface area contributed by atoms with Gasteiger partial charge in [0, 0.05) is 0 Å². The molecular formula is C39H64O. The Bertz CT molecular complexity index is 811. The average Bonchev–Trinajstić information content (AvgIpc) is 2.98. The van der Waals surface area contributed by atoms with Gasteiger partial charge in [-0.25, -0.2) is 0 Å². The van der Waals surface area contributed by atoms with Crippen LogP contribution in [0.3, 0.4) is 0 Å². The molecule has 0 N–H and O–H groups in total. The summed E-state index contributed by atoms with van der Waals surface area (Å²) >= 11 is 0. The molecule has 0 saturated carbocycles. The number of hydrogen-bond donors (Lipinski definition) is 0. The minimum absolute atomic E-state index is 0.941. The van der Waals surface area contributed by atoms with Gasteiger partial charge in [-0.05, 0) is 55.0 Å². The Morgan fingerprint density at radius 3 is 1.32 bits per heavy atom. The Hall–Kier alpha value is -1.76. The fourth-order valence-corrected chi connectivity index (χ4v) is 5.85. The summed E-state index contributed by atoms with van der Waals surface area (Å²) in [7, 11) is 0. The molecule has 0 amide bonds. The fourth-order valence-electron chi connectivity index (χ4n) is 5.85. The summed E-state index contributed by atoms with van der Waals surface area (Å²) in [6.45, 7) is 4.60. The average molecular weight is 549 g/mol. The van der Waals surface area contributed by atoms with Gasteiger partial charge in [-0.3, -0.25) is 0 Å². The van der Waals surface area contributed by atoms with Crippen molar-refractivity contribution in [3.8, 4) is 11.5 Å². The summed E-state index contributed by atoms with van der Waals surface area (Å²) in [6.07, 6.45) is 34.6. The molecule has 0 bridgehead atoms. The molecule has 0 aliphatic rings. The molecule has 2 rings (SSSR count). The number of para-hydroxylation sites is 1. The zero-order valence-corrected chi connectivity index (χ0v) is 26.7. The molecule has 0 atom stereocenters. The number of benzene rings is 2. The zero-order valence-electron chi connectivity index (χ0n) is 26.7. The molecular weight excluding hydrogens is 484 g/mol. The molecule has 2 aromatic carbocycles. The molecule has 1 heteroatoms. The summed E-state index contributed by atoms with van der Waals surface area (Å²) < 4.78 is 6.33. The van der Waals surface area contributed by atoms with Crippen molar-refractivity contribution >= 4 is 0 Å². The molecule has 1 nitrogen and oxygen atoms in total. The highest BCUT2D eigenvalue weighted by molar-refractivity contribution is 5.40. The lowest BCUT2D eigenvalue weighted by atomic mass is 9.98. The SMILES string of the molecule is CCCCCCCCCCCCCCc1ccc(Oc2ccccc2)c(CCCCCCCCCCCCC)c1. The summed E-state index contributed by atoms with van der Waals surface area (Å²) in [4.78, 5) is 0. The van der Waals surface area contributed by atoms with Gasteiger partial charge in [0.05, 0.1) is 0 Å². The first-order valence-electron chi connectivity index (χ1n) is 17.7. The maximum absolute atomic E-state index is 6.33. The van der Waals surface area contributed by atoms with E-state index in [1.165, 1.54) is 165 Å². The second-order valence-corrected chi connectivity index (χ2v) is 12.3. The highest BCUT2D eigenvalue weighted by atomic mass is 16.5. The molecule has 0 fully saturated rings. The van der Waals surface area contributed by atoms with E-state index in [0.717, 1.165) is 17.9 Å². The quantitative estimate of drug-likeness (QED) is 0.101. The molecule has 0 heterocycles. The second-order valence-electron chi connectivity index (χ2n) is 12.3. The minimum atomic E-state index is 0.941. The van der Waals surface area contributed by atoms with Crippen LogP contribution in [0.2, 0.25) is 0 Å². The van der Waals surface area contributed by atoms with Crippen LogP contribution in [0.1, 0.15) is 173 Å². The lowest BCUT2D eigenvalue weighted by Gasteiger charge is -2.13. The van der Waals surface area contributed by atoms with Crippen LogP contribution in [0.5, 0.6) is 11.5 Å². The first-order chi connectivity index (χ1) is 19.8. The van der Waals surface area contributed by atoms with Gasteiger partial charge in [-0.15, -0.1) is 0 Å². The van der Waals surface area contributed by atoms with Crippen molar-refractivity contribution in [2.45, 2.75) is 174 Å². The summed E-state index contributed by atoms with van der Waals surface area (Å²) in [5, 5.41) is 0. The highest BCUT2D eigenvalue weighted by Gasteiger charge is 2.08. The maximum atomic E-state index is 6.33. The molecule has 40 heavy (non-hydrogen) atoms. The number of ether oxygens (including phenoxy) is 1. The van der Waals surface area contributed by atoms with Crippen molar-refractivity contribution in [3.63, 3.8) is 0 Å². The molecule has 226 valence electrons. The molecule has 0 spiro atoms. The van der Waals surface area contributed by atoms with E-state index < -0.39 is 0 Å². The van der Waals surface area contributed by atoms with Crippen molar-refractivity contribution < 1.29 is 4.74 Å². The van der Waals surface area contributed by atoms with Crippen LogP contribution in [0, 0.1) is 0 Å². The monoisotopic (exact) mass is 548 g/mol. The van der Waals surface area contributed by atoms with E-state index in [1.54, 1.807) is 0 Å².